The van der Waals surface area contributed by atoms with E-state index in [1.54, 1.807) is 0 Å². The first-order chi connectivity index (χ1) is 3.66. The predicted molar refractivity (Wildman–Crippen MR) is 23.8 cm³/mol. The molecule has 0 aliphatic heterocycles. The first-order valence-corrected chi connectivity index (χ1v) is 3.44. The van der Waals surface area contributed by atoms with Gasteiger partial charge in [-0.3, -0.25) is 0 Å². The zero-order valence-electron chi connectivity index (χ0n) is 4.05. The Balaban J connectivity index is 3.10. The number of hydrogen-bond donors (Lipinski definition) is 4. The lowest BCUT2D eigenvalue weighted by atomic mass is 15.7. The third-order valence-corrected chi connectivity index (χ3v) is 1.29. The van der Waals surface area contributed by atoms with Crippen molar-refractivity contribution in [1.29, 1.82) is 1.43 Å². The Kier molecular flexibility index (Phi) is 3.01. The van der Waals surface area contributed by atoms with Crippen molar-refractivity contribution in [3.8, 4) is 0 Å². The van der Waals surface area contributed by atoms with Gasteiger partial charge in [-0.2, -0.15) is 0 Å². The Bertz CT molecular complexity index is 56.4. The highest BCUT2D eigenvalue weighted by Gasteiger charge is 2.05. The second-order valence-electron chi connectivity index (χ2n) is 0.572. The van der Waals surface area contributed by atoms with Crippen molar-refractivity contribution in [2.75, 3.05) is 0 Å². The Labute approximate surface area is 43.7 Å². The van der Waals surface area contributed by atoms with Crippen LogP contribution in [0.3, 0.4) is 0 Å². The molecule has 5 nitrogen and oxygen atoms in total. The molecule has 4 N–H and O–H groups in total. The van der Waals surface area contributed by atoms with Crippen LogP contribution in [0.25, 0.3) is 0 Å². The van der Waals surface area contributed by atoms with Crippen LogP contribution in [0.4, 0.5) is 0 Å². The molecule has 0 saturated heterocycles. The van der Waals surface area contributed by atoms with Crippen molar-refractivity contribution < 1.29 is 23.9 Å². The standard InChI is InChI=1S/H4O5P2/c1-6(2)5-7(3)4/h1-4H/i1D. The van der Waals surface area contributed by atoms with Gasteiger partial charge in [0.25, 0.3) is 0 Å². The van der Waals surface area contributed by atoms with Crippen LogP contribution in [-0.4, -0.2) is 21.0 Å². The van der Waals surface area contributed by atoms with Crippen molar-refractivity contribution in [2.45, 2.75) is 0 Å². The quantitative estimate of drug-likeness (QED) is 0.401. The highest BCUT2D eigenvalue weighted by molar-refractivity contribution is 7.53. The molecular formula is H4O5P2. The maximum absolute atomic E-state index is 8.16. The van der Waals surface area contributed by atoms with E-state index in [1.807, 2.05) is 0 Å². The summed E-state index contributed by atoms with van der Waals surface area (Å²) in [4.78, 5) is 27.5. The molecule has 7 heavy (non-hydrogen) atoms. The lowest BCUT2D eigenvalue weighted by Gasteiger charge is -2.00. The molecule has 1 unspecified atom stereocenters. The Hall–Kier alpha value is 0.660. The molecule has 0 spiro atoms. The lowest BCUT2D eigenvalue weighted by molar-refractivity contribution is 0.324. The van der Waals surface area contributed by atoms with Crippen LogP contribution in [0.5, 0.6) is 0 Å². The van der Waals surface area contributed by atoms with E-state index in [0.717, 1.165) is 0 Å². The summed E-state index contributed by atoms with van der Waals surface area (Å²) >= 11 is 0. The zero-order valence-corrected chi connectivity index (χ0v) is 4.84. The largest absolute Gasteiger partial charge is 0.334 e. The second kappa shape index (κ2) is 3.64. The Morgan fingerprint density at radius 1 is 1.29 bits per heavy atom. The average molecular weight is 147 g/mol. The maximum Gasteiger partial charge on any atom is 0.334 e. The maximum atomic E-state index is 8.16. The van der Waals surface area contributed by atoms with Crippen LogP contribution < -0.4 is 0 Å². The van der Waals surface area contributed by atoms with Crippen molar-refractivity contribution in [3.05, 3.63) is 0 Å². The lowest BCUT2D eigenvalue weighted by Crippen LogP contribution is -1.73. The predicted octanol–water partition coefficient (Wildman–Crippen LogP) is -0.574. The summed E-state index contributed by atoms with van der Waals surface area (Å²) < 4.78 is 9.73. The number of rotatable bonds is 3. The highest BCUT2D eigenvalue weighted by atomic mass is 31.2. The average Bonchev–Trinajstić information content (AvgIpc) is 1.65. The van der Waals surface area contributed by atoms with Gasteiger partial charge in [0.2, 0.25) is 1.43 Å². The van der Waals surface area contributed by atoms with Gasteiger partial charge in [-0.25, -0.2) is 4.31 Å². The van der Waals surface area contributed by atoms with E-state index in [4.69, 9.17) is 16.1 Å². The molecule has 0 aliphatic rings. The molecule has 1 atom stereocenters. The Morgan fingerprint density at radius 2 is 1.86 bits per heavy atom. The van der Waals surface area contributed by atoms with Crippen LogP contribution in [-0.2, 0) is 4.31 Å². The SMILES string of the molecule is [2H]OP(O)OP(O)O. The third-order valence-electron chi connectivity index (χ3n) is 0.143. The molecule has 0 heterocycles. The number of hydrogen-bond acceptors (Lipinski definition) is 5. The van der Waals surface area contributed by atoms with E-state index in [0.29, 0.717) is 0 Å². The fraction of sp³-hybridized carbons (Fsp3) is 0. The van der Waals surface area contributed by atoms with Crippen molar-refractivity contribution in [1.82, 2.24) is 0 Å². The summed E-state index contributed by atoms with van der Waals surface area (Å²) in [6.45, 7) is 0. The molecule has 7 heteroatoms. The van der Waals surface area contributed by atoms with Crippen molar-refractivity contribution in [3.63, 3.8) is 0 Å². The summed E-state index contributed by atoms with van der Waals surface area (Å²) in [7, 11) is -5.03. The van der Waals surface area contributed by atoms with E-state index in [9.17, 15) is 0 Å². The zero-order chi connectivity index (χ0) is 6.57. The molecule has 0 aromatic carbocycles. The van der Waals surface area contributed by atoms with Crippen LogP contribution in [0.15, 0.2) is 0 Å². The summed E-state index contributed by atoms with van der Waals surface area (Å²) in [5, 5.41) is 0. The van der Waals surface area contributed by atoms with E-state index in [2.05, 4.69) is 9.21 Å². The molecule has 0 aromatic rings. The molecule has 0 rings (SSSR count). The molecule has 0 aliphatic carbocycles. The van der Waals surface area contributed by atoms with Crippen LogP contribution in [0, 0.1) is 0 Å². The van der Waals surface area contributed by atoms with E-state index in [1.165, 1.54) is 0 Å². The van der Waals surface area contributed by atoms with Crippen molar-refractivity contribution >= 4 is 17.2 Å². The second-order valence-corrected chi connectivity index (χ2v) is 2.21. The first kappa shape index (κ1) is 5.79. The van der Waals surface area contributed by atoms with Crippen LogP contribution >= 0.6 is 17.2 Å². The van der Waals surface area contributed by atoms with Crippen LogP contribution in [0.2, 0.25) is 0 Å². The minimum absolute atomic E-state index is 2.42. The van der Waals surface area contributed by atoms with Gasteiger partial charge < -0.3 is 19.6 Å². The van der Waals surface area contributed by atoms with Gasteiger partial charge in [0.05, 0.1) is 0 Å². The van der Waals surface area contributed by atoms with Gasteiger partial charge in [0.15, 0.2) is 0 Å². The van der Waals surface area contributed by atoms with Gasteiger partial charge in [0, 0.05) is 0 Å². The van der Waals surface area contributed by atoms with Crippen molar-refractivity contribution in [2.24, 2.45) is 0 Å². The van der Waals surface area contributed by atoms with E-state index in [-0.39, 0.29) is 0 Å². The minimum atomic E-state index is -2.61. The summed E-state index contributed by atoms with van der Waals surface area (Å²) in [6.07, 6.45) is 0. The molecular weight excluding hydrogens is 142 g/mol. The monoisotopic (exact) mass is 147 g/mol. The summed E-state index contributed by atoms with van der Waals surface area (Å²) in [6, 6.07) is 0. The normalized spacial score (nSPS) is 16.9. The van der Waals surface area contributed by atoms with Gasteiger partial charge in [-0.15, -0.1) is 0 Å². The van der Waals surface area contributed by atoms with E-state index < -0.39 is 17.2 Å². The molecule has 0 radical (unpaired) electrons. The Morgan fingerprint density at radius 3 is 2.00 bits per heavy atom. The minimum Gasteiger partial charge on any atom is -0.328 e. The molecule has 0 fully saturated rings. The molecule has 0 aromatic heterocycles. The molecule has 44 valence electrons. The third kappa shape index (κ3) is 6.66. The van der Waals surface area contributed by atoms with Gasteiger partial charge in [0.1, 0.15) is 0 Å². The highest BCUT2D eigenvalue weighted by Crippen LogP contribution is 2.41. The smallest absolute Gasteiger partial charge is 0.328 e. The van der Waals surface area contributed by atoms with Gasteiger partial charge >= 0.3 is 17.2 Å². The van der Waals surface area contributed by atoms with Gasteiger partial charge in [-0.1, -0.05) is 0 Å². The van der Waals surface area contributed by atoms with E-state index >= 15 is 0 Å². The molecule has 0 bridgehead atoms. The molecule has 0 amide bonds. The van der Waals surface area contributed by atoms with Crippen LogP contribution in [0.1, 0.15) is 0 Å². The molecule has 0 saturated carbocycles. The topological polar surface area (TPSA) is 90.2 Å². The first-order valence-electron chi connectivity index (χ1n) is 1.56. The summed E-state index contributed by atoms with van der Waals surface area (Å²) in [5.41, 5.74) is 0. The van der Waals surface area contributed by atoms with Gasteiger partial charge in [-0.05, 0) is 0 Å². The fourth-order valence-electron chi connectivity index (χ4n) is 0.0625. The fourth-order valence-corrected chi connectivity index (χ4v) is 0.562. The summed E-state index contributed by atoms with van der Waals surface area (Å²) in [5.74, 6) is 0.